The Kier molecular flexibility index (Phi) is 12.3. The van der Waals surface area contributed by atoms with Crippen LogP contribution in [0.2, 0.25) is 0 Å². The predicted molar refractivity (Wildman–Crippen MR) is 169 cm³/mol. The second kappa shape index (κ2) is 15.7. The zero-order valence-electron chi connectivity index (χ0n) is 27.4. The van der Waals surface area contributed by atoms with Crippen molar-refractivity contribution in [1.82, 2.24) is 30.8 Å². The summed E-state index contributed by atoms with van der Waals surface area (Å²) >= 11 is 0. The molecule has 0 aliphatic heterocycles. The van der Waals surface area contributed by atoms with Gasteiger partial charge in [0.15, 0.2) is 0 Å². The number of amides is 4. The number of aromatic nitrogens is 2. The third-order valence-corrected chi connectivity index (χ3v) is 7.95. The number of hydrogen-bond donors (Lipinski definition) is 4. The highest BCUT2D eigenvalue weighted by atomic mass is 16.5. The Labute approximate surface area is 265 Å². The van der Waals surface area contributed by atoms with Crippen molar-refractivity contribution >= 4 is 29.4 Å². The van der Waals surface area contributed by atoms with Crippen LogP contribution in [0.1, 0.15) is 89.8 Å². The summed E-state index contributed by atoms with van der Waals surface area (Å²) < 4.78 is 7.64. The Morgan fingerprint density at radius 2 is 1.67 bits per heavy atom. The molecule has 12 nitrogen and oxygen atoms in total. The van der Waals surface area contributed by atoms with Crippen LogP contribution in [-0.2, 0) is 32.8 Å². The van der Waals surface area contributed by atoms with Crippen molar-refractivity contribution in [2.45, 2.75) is 104 Å². The van der Waals surface area contributed by atoms with Gasteiger partial charge in [0.2, 0.25) is 17.6 Å². The van der Waals surface area contributed by atoms with Gasteiger partial charge in [-0.15, -0.1) is 0 Å². The van der Waals surface area contributed by atoms with E-state index in [0.29, 0.717) is 11.3 Å². The number of ether oxygens (including phenoxy) is 1. The van der Waals surface area contributed by atoms with E-state index in [1.165, 1.54) is 6.92 Å². The highest BCUT2D eigenvalue weighted by Crippen LogP contribution is 2.22. The van der Waals surface area contributed by atoms with Gasteiger partial charge in [-0.1, -0.05) is 59.9 Å². The van der Waals surface area contributed by atoms with E-state index in [1.807, 2.05) is 17.8 Å². The van der Waals surface area contributed by atoms with Gasteiger partial charge in [-0.05, 0) is 49.3 Å². The number of nitrogens with zero attached hydrogens (tertiary/aromatic N) is 2. The number of nitrogens with one attached hydrogen (secondary N) is 4. The van der Waals surface area contributed by atoms with Crippen molar-refractivity contribution in [3.63, 3.8) is 0 Å². The SMILES string of the molecule is CC(NC(=O)C(NC(=O)c1cccc(OCc2nccn2C)c1)C(C)(C)C)C(=O)NC(C(=O)C(=O)NC1CCCCC1)C(C)C. The molecule has 2 aromatic rings. The van der Waals surface area contributed by atoms with Crippen molar-refractivity contribution in [1.29, 1.82) is 0 Å². The summed E-state index contributed by atoms with van der Waals surface area (Å²) in [5, 5.41) is 10.9. The molecule has 1 saturated carbocycles. The van der Waals surface area contributed by atoms with Crippen molar-refractivity contribution in [3.8, 4) is 5.75 Å². The van der Waals surface area contributed by atoms with E-state index in [9.17, 15) is 24.0 Å². The molecular formula is C33H48N6O6. The van der Waals surface area contributed by atoms with E-state index in [2.05, 4.69) is 26.3 Å². The molecule has 1 aliphatic carbocycles. The van der Waals surface area contributed by atoms with Gasteiger partial charge in [-0.2, -0.15) is 0 Å². The van der Waals surface area contributed by atoms with Crippen molar-refractivity contribution in [2.24, 2.45) is 18.4 Å². The van der Waals surface area contributed by atoms with Crippen molar-refractivity contribution in [2.75, 3.05) is 0 Å². The first-order valence-corrected chi connectivity index (χ1v) is 15.6. The minimum Gasteiger partial charge on any atom is -0.486 e. The van der Waals surface area contributed by atoms with Crippen LogP contribution in [-0.4, -0.2) is 63.1 Å². The second-order valence-electron chi connectivity index (χ2n) is 13.2. The van der Waals surface area contributed by atoms with Gasteiger partial charge in [0.1, 0.15) is 30.3 Å². The molecule has 1 aliphatic rings. The fraction of sp³-hybridized carbons (Fsp3) is 0.576. The van der Waals surface area contributed by atoms with Crippen LogP contribution in [0.4, 0.5) is 0 Å². The first-order valence-electron chi connectivity index (χ1n) is 15.6. The molecule has 3 unspecified atom stereocenters. The zero-order valence-corrected chi connectivity index (χ0v) is 27.4. The molecule has 0 radical (unpaired) electrons. The Hall–Kier alpha value is -4.22. The molecule has 1 aromatic heterocycles. The summed E-state index contributed by atoms with van der Waals surface area (Å²) in [4.78, 5) is 69.7. The lowest BCUT2D eigenvalue weighted by Gasteiger charge is -2.31. The molecule has 4 N–H and O–H groups in total. The summed E-state index contributed by atoms with van der Waals surface area (Å²) in [6, 6.07) is 3.47. The highest BCUT2D eigenvalue weighted by molar-refractivity contribution is 6.38. The van der Waals surface area contributed by atoms with Crippen LogP contribution in [0.3, 0.4) is 0 Å². The smallest absolute Gasteiger partial charge is 0.289 e. The number of Topliss-reactive ketones (excluding diaryl/α,β-unsaturated/α-hetero) is 1. The number of hydrogen-bond acceptors (Lipinski definition) is 7. The normalized spacial score (nSPS) is 15.8. The van der Waals surface area contributed by atoms with Crippen LogP contribution >= 0.6 is 0 Å². The molecule has 3 atom stereocenters. The number of rotatable bonds is 13. The van der Waals surface area contributed by atoms with Gasteiger partial charge in [-0.25, -0.2) is 4.98 Å². The topological polar surface area (TPSA) is 161 Å². The molecule has 0 saturated heterocycles. The largest absolute Gasteiger partial charge is 0.486 e. The minimum atomic E-state index is -1.05. The summed E-state index contributed by atoms with van der Waals surface area (Å²) in [6.07, 6.45) is 8.26. The van der Waals surface area contributed by atoms with Crippen molar-refractivity contribution in [3.05, 3.63) is 48.0 Å². The third kappa shape index (κ3) is 10.2. The Morgan fingerprint density at radius 1 is 0.978 bits per heavy atom. The maximum absolute atomic E-state index is 13.4. The molecule has 4 amide bonds. The number of ketones is 1. The average Bonchev–Trinajstić information content (AvgIpc) is 3.40. The lowest BCUT2D eigenvalue weighted by molar-refractivity contribution is -0.141. The van der Waals surface area contributed by atoms with E-state index in [-0.39, 0.29) is 18.6 Å². The summed E-state index contributed by atoms with van der Waals surface area (Å²) in [5.74, 6) is -2.26. The molecule has 12 heteroatoms. The molecule has 0 spiro atoms. The van der Waals surface area contributed by atoms with Gasteiger partial charge >= 0.3 is 0 Å². The molecule has 246 valence electrons. The number of imidazole rings is 1. The van der Waals surface area contributed by atoms with Gasteiger partial charge in [-0.3, -0.25) is 24.0 Å². The molecule has 0 bridgehead atoms. The number of carbonyl (C=O) groups excluding carboxylic acids is 5. The molecule has 1 heterocycles. The summed E-state index contributed by atoms with van der Waals surface area (Å²) in [6.45, 7) is 10.6. The average molecular weight is 625 g/mol. The Balaban J connectivity index is 1.61. The van der Waals surface area contributed by atoms with Gasteiger partial charge in [0.05, 0.1) is 6.04 Å². The monoisotopic (exact) mass is 624 g/mol. The van der Waals surface area contributed by atoms with Gasteiger partial charge in [0.25, 0.3) is 11.8 Å². The first-order chi connectivity index (χ1) is 21.2. The van der Waals surface area contributed by atoms with E-state index in [4.69, 9.17) is 4.74 Å². The third-order valence-electron chi connectivity index (χ3n) is 7.95. The van der Waals surface area contributed by atoms with E-state index < -0.39 is 53.0 Å². The fourth-order valence-corrected chi connectivity index (χ4v) is 5.12. The van der Waals surface area contributed by atoms with Crippen LogP contribution in [0.25, 0.3) is 0 Å². The first kappa shape index (κ1) is 35.3. The van der Waals surface area contributed by atoms with Gasteiger partial charge in [0, 0.05) is 31.0 Å². The Morgan fingerprint density at radius 3 is 2.27 bits per heavy atom. The quantitative estimate of drug-likeness (QED) is 0.249. The predicted octanol–water partition coefficient (Wildman–Crippen LogP) is 2.81. The van der Waals surface area contributed by atoms with Crippen LogP contribution in [0.15, 0.2) is 36.7 Å². The lowest BCUT2D eigenvalue weighted by atomic mass is 9.85. The fourth-order valence-electron chi connectivity index (χ4n) is 5.12. The van der Waals surface area contributed by atoms with Gasteiger partial charge < -0.3 is 30.6 Å². The minimum absolute atomic E-state index is 0.0390. The Bertz CT molecular complexity index is 1360. The van der Waals surface area contributed by atoms with E-state index in [0.717, 1.165) is 37.9 Å². The number of benzene rings is 1. The van der Waals surface area contributed by atoms with E-state index in [1.54, 1.807) is 65.1 Å². The van der Waals surface area contributed by atoms with Crippen molar-refractivity contribution < 1.29 is 28.7 Å². The van der Waals surface area contributed by atoms with Crippen LogP contribution in [0, 0.1) is 11.3 Å². The maximum atomic E-state index is 13.4. The summed E-state index contributed by atoms with van der Waals surface area (Å²) in [5.41, 5.74) is -0.416. The molecular weight excluding hydrogens is 576 g/mol. The lowest BCUT2D eigenvalue weighted by Crippen LogP contribution is -2.59. The molecule has 1 aromatic carbocycles. The number of aryl methyl sites for hydroxylation is 1. The second-order valence-corrected chi connectivity index (χ2v) is 13.2. The summed E-state index contributed by atoms with van der Waals surface area (Å²) in [7, 11) is 1.86. The van der Waals surface area contributed by atoms with Crippen LogP contribution in [0.5, 0.6) is 5.75 Å². The number of carbonyl (C=O) groups is 5. The zero-order chi connectivity index (χ0) is 33.3. The maximum Gasteiger partial charge on any atom is 0.289 e. The molecule has 45 heavy (non-hydrogen) atoms. The molecule has 1 fully saturated rings. The van der Waals surface area contributed by atoms with E-state index >= 15 is 0 Å². The highest BCUT2D eigenvalue weighted by Gasteiger charge is 2.36. The standard InChI is InChI=1S/C33H48N6O6/c1-20(2)26(27(40)31(43)36-23-13-9-8-10-14-23)37-29(41)21(3)35-32(44)28(33(4,5)6)38-30(42)22-12-11-15-24(18-22)45-19-25-34-16-17-39(25)7/h11-12,15-18,20-21,23,26,28H,8-10,13-14,19H2,1-7H3,(H,35,44)(H,36,43)(H,37,41)(H,38,42). The molecule has 3 rings (SSSR count). The van der Waals surface area contributed by atoms with Crippen LogP contribution < -0.4 is 26.0 Å².